The van der Waals surface area contributed by atoms with Crippen molar-refractivity contribution < 1.29 is 0 Å². The molecule has 0 spiro atoms. The number of hydrogen-bond acceptors (Lipinski definition) is 2. The van der Waals surface area contributed by atoms with Gasteiger partial charge in [0, 0.05) is 10.7 Å². The second-order valence-electron chi connectivity index (χ2n) is 3.95. The summed E-state index contributed by atoms with van der Waals surface area (Å²) >= 11 is 1.78. The average Bonchev–Trinajstić information content (AvgIpc) is 2.77. The van der Waals surface area contributed by atoms with Crippen molar-refractivity contribution in [2.24, 2.45) is 0 Å². The lowest BCUT2D eigenvalue weighted by Crippen LogP contribution is -2.25. The van der Waals surface area contributed by atoms with Gasteiger partial charge in [-0.25, -0.2) is 0 Å². The molecule has 1 aromatic carbocycles. The maximum absolute atomic E-state index is 4.20. The van der Waals surface area contributed by atoms with Gasteiger partial charge in [0.15, 0.2) is 0 Å². The van der Waals surface area contributed by atoms with Gasteiger partial charge >= 0.3 is 0 Å². The van der Waals surface area contributed by atoms with Crippen molar-refractivity contribution in [3.05, 3.63) is 41.8 Å². The molecule has 0 radical (unpaired) electrons. The third-order valence-electron chi connectivity index (χ3n) is 3.00. The molecule has 0 aliphatic carbocycles. The molecule has 1 aromatic heterocycles. The minimum absolute atomic E-state index is 0.371. The molecule has 1 atom stereocenters. The Morgan fingerprint density at radius 3 is 2.94 bits per heavy atom. The van der Waals surface area contributed by atoms with Crippen LogP contribution < -0.4 is 5.32 Å². The van der Waals surface area contributed by atoms with Crippen LogP contribution in [0.25, 0.3) is 15.7 Å². The Bertz CT molecular complexity index is 494. The summed E-state index contributed by atoms with van der Waals surface area (Å²) in [6, 6.07) is 9.12. The predicted molar refractivity (Wildman–Crippen MR) is 74.0 cm³/mol. The first-order valence-corrected chi connectivity index (χ1v) is 6.48. The maximum Gasteiger partial charge on any atom is 0.0343 e. The van der Waals surface area contributed by atoms with Gasteiger partial charge in [-0.15, -0.1) is 11.3 Å². The highest BCUT2D eigenvalue weighted by atomic mass is 32.1. The highest BCUT2D eigenvalue weighted by Gasteiger charge is 2.10. The van der Waals surface area contributed by atoms with Crippen molar-refractivity contribution >= 4 is 27.0 Å². The number of likely N-dealkylation sites (N-methyl/N-ethyl adjacent to an activating group) is 1. The van der Waals surface area contributed by atoms with Crippen molar-refractivity contribution in [2.75, 3.05) is 7.05 Å². The molecule has 0 aliphatic heterocycles. The maximum atomic E-state index is 4.20. The van der Waals surface area contributed by atoms with Crippen LogP contribution in [0.4, 0.5) is 0 Å². The minimum Gasteiger partial charge on any atom is -0.313 e. The molecule has 0 fully saturated rings. The molecule has 16 heavy (non-hydrogen) atoms. The third-order valence-corrected chi connectivity index (χ3v) is 3.90. The summed E-state index contributed by atoms with van der Waals surface area (Å²) in [5, 5.41) is 6.74. The second kappa shape index (κ2) is 4.81. The highest BCUT2D eigenvalue weighted by molar-refractivity contribution is 7.17. The van der Waals surface area contributed by atoms with E-state index < -0.39 is 0 Å². The first kappa shape index (κ1) is 11.4. The summed E-state index contributed by atoms with van der Waals surface area (Å²) in [4.78, 5) is 0. The number of benzene rings is 1. The Morgan fingerprint density at radius 1 is 1.44 bits per heavy atom. The van der Waals surface area contributed by atoms with Gasteiger partial charge in [-0.05, 0) is 53.6 Å². The quantitative estimate of drug-likeness (QED) is 0.841. The lowest BCUT2D eigenvalue weighted by Gasteiger charge is -2.17. The van der Waals surface area contributed by atoms with Crippen LogP contribution in [0.1, 0.15) is 18.9 Å². The zero-order valence-corrected chi connectivity index (χ0v) is 10.6. The highest BCUT2D eigenvalue weighted by Crippen LogP contribution is 2.26. The largest absolute Gasteiger partial charge is 0.313 e. The van der Waals surface area contributed by atoms with E-state index in [1.165, 1.54) is 21.2 Å². The summed E-state index contributed by atoms with van der Waals surface area (Å²) in [5.74, 6) is 0. The van der Waals surface area contributed by atoms with Gasteiger partial charge in [0.2, 0.25) is 0 Å². The lowest BCUT2D eigenvalue weighted by molar-refractivity contribution is 0.663. The van der Waals surface area contributed by atoms with E-state index in [0.717, 1.165) is 6.42 Å². The van der Waals surface area contributed by atoms with Gasteiger partial charge in [0.25, 0.3) is 0 Å². The average molecular weight is 231 g/mol. The molecule has 0 saturated heterocycles. The molecular formula is C14H17NS. The fourth-order valence-electron chi connectivity index (χ4n) is 1.99. The zero-order chi connectivity index (χ0) is 11.5. The van der Waals surface area contributed by atoms with Crippen molar-refractivity contribution in [2.45, 2.75) is 19.4 Å². The van der Waals surface area contributed by atoms with Crippen molar-refractivity contribution in [1.82, 2.24) is 5.32 Å². The number of fused-ring (bicyclic) bond motifs is 1. The van der Waals surface area contributed by atoms with Crippen LogP contribution in [0.5, 0.6) is 0 Å². The molecular weight excluding hydrogens is 214 g/mol. The molecule has 1 nitrogen and oxygen atoms in total. The van der Waals surface area contributed by atoms with Crippen LogP contribution in [0, 0.1) is 0 Å². The normalized spacial score (nSPS) is 12.9. The topological polar surface area (TPSA) is 12.0 Å². The molecule has 1 heterocycles. The van der Waals surface area contributed by atoms with E-state index in [-0.39, 0.29) is 0 Å². The number of hydrogen-bond donors (Lipinski definition) is 1. The molecule has 2 heteroatoms. The van der Waals surface area contributed by atoms with Gasteiger partial charge in [-0.3, -0.25) is 0 Å². The monoisotopic (exact) mass is 231 g/mol. The van der Waals surface area contributed by atoms with Gasteiger partial charge in [-0.2, -0.15) is 0 Å². The first-order chi connectivity index (χ1) is 7.76. The van der Waals surface area contributed by atoms with E-state index in [9.17, 15) is 0 Å². The van der Waals surface area contributed by atoms with Gasteiger partial charge in [0.05, 0.1) is 0 Å². The van der Waals surface area contributed by atoms with Crippen LogP contribution in [0.15, 0.2) is 36.2 Å². The van der Waals surface area contributed by atoms with E-state index in [1.807, 2.05) is 7.05 Å². The molecule has 0 saturated carbocycles. The molecule has 0 bridgehead atoms. The Hall–Kier alpha value is -1.12. The summed E-state index contributed by atoms with van der Waals surface area (Å²) in [7, 11) is 1.99. The first-order valence-electron chi connectivity index (χ1n) is 5.60. The van der Waals surface area contributed by atoms with E-state index in [2.05, 4.69) is 48.5 Å². The summed E-state index contributed by atoms with van der Waals surface area (Å²) in [6.45, 7) is 6.38. The molecule has 84 valence electrons. The SMILES string of the molecule is C=C(c1ccc2sccc2c1)C(CC)NC. The third kappa shape index (κ3) is 2.04. The number of thiophene rings is 1. The smallest absolute Gasteiger partial charge is 0.0343 e. The standard InChI is InChI=1S/C14H17NS/c1-4-13(15-3)10(2)11-5-6-14-12(9-11)7-8-16-14/h5-9,13,15H,2,4H2,1,3H3. The molecule has 2 rings (SSSR count). The summed E-state index contributed by atoms with van der Waals surface area (Å²) in [5.41, 5.74) is 2.42. The second-order valence-corrected chi connectivity index (χ2v) is 4.90. The number of rotatable bonds is 4. The Labute approximate surface area is 101 Å². The molecule has 0 aliphatic rings. The van der Waals surface area contributed by atoms with Gasteiger partial charge in [-0.1, -0.05) is 19.6 Å². The molecule has 1 unspecified atom stereocenters. The lowest BCUT2D eigenvalue weighted by atomic mass is 9.98. The fraction of sp³-hybridized carbons (Fsp3) is 0.286. The molecule has 0 amide bonds. The van der Waals surface area contributed by atoms with E-state index in [1.54, 1.807) is 11.3 Å². The van der Waals surface area contributed by atoms with Crippen molar-refractivity contribution in [1.29, 1.82) is 0 Å². The van der Waals surface area contributed by atoms with Crippen molar-refractivity contribution in [3.8, 4) is 0 Å². The number of nitrogens with one attached hydrogen (secondary N) is 1. The van der Waals surface area contributed by atoms with Crippen LogP contribution in [0.2, 0.25) is 0 Å². The minimum atomic E-state index is 0.371. The molecule has 2 aromatic rings. The predicted octanol–water partition coefficient (Wildman–Crippen LogP) is 3.91. The van der Waals surface area contributed by atoms with Crippen LogP contribution >= 0.6 is 11.3 Å². The van der Waals surface area contributed by atoms with E-state index >= 15 is 0 Å². The Morgan fingerprint density at radius 2 is 2.25 bits per heavy atom. The zero-order valence-electron chi connectivity index (χ0n) is 9.79. The van der Waals surface area contributed by atoms with Crippen LogP contribution in [0.3, 0.4) is 0 Å². The Balaban J connectivity index is 2.35. The van der Waals surface area contributed by atoms with Crippen LogP contribution in [-0.2, 0) is 0 Å². The fourth-order valence-corrected chi connectivity index (χ4v) is 2.76. The van der Waals surface area contributed by atoms with Gasteiger partial charge < -0.3 is 5.32 Å². The molecule has 1 N–H and O–H groups in total. The van der Waals surface area contributed by atoms with Gasteiger partial charge in [0.1, 0.15) is 0 Å². The summed E-state index contributed by atoms with van der Waals surface area (Å²) in [6.07, 6.45) is 1.07. The van der Waals surface area contributed by atoms with E-state index in [0.29, 0.717) is 6.04 Å². The van der Waals surface area contributed by atoms with E-state index in [4.69, 9.17) is 0 Å². The van der Waals surface area contributed by atoms with Crippen LogP contribution in [-0.4, -0.2) is 13.1 Å². The Kier molecular flexibility index (Phi) is 3.42. The summed E-state index contributed by atoms with van der Waals surface area (Å²) < 4.78 is 1.34. The van der Waals surface area contributed by atoms with Crippen molar-refractivity contribution in [3.63, 3.8) is 0 Å².